The number of nitriles is 1. The minimum absolute atomic E-state index is 0. The zero-order chi connectivity index (χ0) is 280. The number of nitrogen functional groups attached to an aromatic ring is 1. The third-order valence-electron chi connectivity index (χ3n) is 6.37. The molecule has 0 aliphatic heterocycles. The highest BCUT2D eigenvalue weighted by molar-refractivity contribution is 9.10. The molecule has 0 saturated carbocycles. The number of halogens is 1. The van der Waals surface area contributed by atoms with Gasteiger partial charge in [0.15, 0.2) is 17.1 Å². The maximum atomic E-state index is 8.63. The number of amidine groups is 2. The van der Waals surface area contributed by atoms with Crippen LogP contribution in [0.5, 0.6) is 0 Å². The van der Waals surface area contributed by atoms with Crippen LogP contribution in [0, 0.1) is 16.7 Å². The molecule has 478 valence electrons. The number of aromatic amines is 4. The third kappa shape index (κ3) is 6.77. The zero-order valence-corrected chi connectivity index (χ0v) is 25.2. The largest absolute Gasteiger partial charge is 0.409 e. The first-order chi connectivity index (χ1) is 146. The Hall–Kier alpha value is -6.67. The van der Waals surface area contributed by atoms with E-state index in [0.29, 0.717) is 28.0 Å². The first-order valence-corrected chi connectivity index (χ1v) is 14.0. The first kappa shape index (κ1) is 2.06. The number of fused-ring (bicyclic) bond motifs is 4. The van der Waals surface area contributed by atoms with E-state index in [-0.39, 0.29) is 13.1 Å². The number of nitrogens with one attached hydrogen (secondary N) is 5. The van der Waals surface area contributed by atoms with Gasteiger partial charge in [-0.15, -0.1) is 0 Å². The van der Waals surface area contributed by atoms with Crippen LogP contribution in [0.2, 0.25) is 0 Å². The van der Waals surface area contributed by atoms with E-state index in [0.717, 1.165) is 37.3 Å². The summed E-state index contributed by atoms with van der Waals surface area (Å²) in [4.78, 5) is 22.1. The Kier molecular flexibility index (Phi) is 0.637. The van der Waals surface area contributed by atoms with Crippen LogP contribution < -0.4 is 11.5 Å². The van der Waals surface area contributed by atoms with Gasteiger partial charge >= 0.3 is 0 Å². The number of pyridine rings is 4. The lowest BCUT2D eigenvalue weighted by atomic mass is 10.2. The Morgan fingerprint density at radius 1 is 0.783 bits per heavy atom. The van der Waals surface area contributed by atoms with Gasteiger partial charge in [0.25, 0.3) is 0 Å². The summed E-state index contributed by atoms with van der Waals surface area (Å²) < 4.78 is 1240. The molecule has 0 saturated heterocycles. The van der Waals surface area contributed by atoms with Gasteiger partial charge in [0.05, 0.1) is 23.3 Å². The van der Waals surface area contributed by atoms with Crippen LogP contribution in [0.4, 0.5) is 0 Å². The predicted molar refractivity (Wildman–Crippen MR) is 440 cm³/mol. The smallest absolute Gasteiger partial charge is 0.170 e. The number of H-pyrrole nitrogens is 4. The second-order valence-electron chi connectivity index (χ2n) is 9.12. The molecule has 0 radical (unpaired) electrons. The van der Waals surface area contributed by atoms with Crippen molar-refractivity contribution < 1.29 is 375 Å². The number of nitrogens with zero attached hydrogens (tertiary/aromatic N) is 8. The molecular weight excluding hydrogens is 654 g/mol. The van der Waals surface area contributed by atoms with Gasteiger partial charge in [-0.1, -0.05) is 5.16 Å². The van der Waals surface area contributed by atoms with Gasteiger partial charge in [-0.3, -0.25) is 15.6 Å². The molecule has 0 atom stereocenters. The van der Waals surface area contributed by atoms with Gasteiger partial charge in [-0.25, -0.2) is 19.9 Å². The molecule has 0 aliphatic rings. The summed E-state index contributed by atoms with van der Waals surface area (Å²) in [5, 5.41) is 43.8. The molecule has 46 heavy (non-hydrogen) atoms. The molecule has 10 N–H and O–H groups in total. The van der Waals surface area contributed by atoms with Crippen LogP contribution in [0.1, 0.15) is 386 Å². The highest BCUT2D eigenvalue weighted by Gasteiger charge is 2.06. The fraction of sp³-hybridized carbons (Fsp3) is 0. The Balaban J connectivity index is -0.00000000877. The van der Waals surface area contributed by atoms with Crippen molar-refractivity contribution in [1.29, 1.82) is 10.7 Å². The molecule has 0 fully saturated rings. The first-order valence-electron chi connectivity index (χ1n) is 137. The second-order valence-corrected chi connectivity index (χ2v) is 9.98. The lowest BCUT2D eigenvalue weighted by Crippen LogP contribution is -2.13. The van der Waals surface area contributed by atoms with E-state index in [1.54, 1.807) is 61.6 Å². The van der Waals surface area contributed by atoms with Crippen LogP contribution in [0.3, 0.4) is 0 Å². The van der Waals surface area contributed by atoms with E-state index >= 15 is 0 Å². The highest BCUT2D eigenvalue weighted by atomic mass is 79.9. The monoisotopic (exact) mass is 1180 g/mol. The van der Waals surface area contributed by atoms with Crippen LogP contribution in [-0.2, 0) is 0 Å². The van der Waals surface area contributed by atoms with Crippen molar-refractivity contribution in [3.8, 4) is 6.07 Å². The topological polar surface area (TPSA) is 273 Å². The molecule has 0 spiro atoms. The molecule has 0 amide bonds. The number of aromatic nitrogens is 10. The summed E-state index contributed by atoms with van der Waals surface area (Å²) in [6.07, 6.45) is 13.4. The Labute approximate surface area is 651 Å². The van der Waals surface area contributed by atoms with E-state index in [9.17, 15) is 0 Å². The minimum atomic E-state index is 0. The maximum absolute atomic E-state index is 8.63. The van der Waals surface area contributed by atoms with Gasteiger partial charge in [-0.05, 0) is 52.3 Å². The van der Waals surface area contributed by atoms with Gasteiger partial charge < -0.3 is 26.6 Å². The van der Waals surface area contributed by atoms with Gasteiger partial charge in [-0.2, -0.15) is 15.5 Å². The zero-order valence-electron chi connectivity index (χ0n) is 272. The van der Waals surface area contributed by atoms with Crippen LogP contribution >= 0.6 is 15.9 Å². The number of hydrogen-bond donors (Lipinski definition) is 8. The molecule has 17 heteroatoms. The summed E-state index contributed by atoms with van der Waals surface area (Å²) >= 11 is 3.42. The quantitative estimate of drug-likeness (QED) is 0.0351. The average Bonchev–Trinajstić information content (AvgIpc) is 1.68. The molecule has 8 rings (SSSR count). The Morgan fingerprint density at radius 3 is 1.96 bits per heavy atom. The van der Waals surface area contributed by atoms with Crippen LogP contribution in [0.15, 0.2) is 95.6 Å². The molecule has 8 heterocycles. The molecule has 16 nitrogen and oxygen atoms in total. The SMILES string of the molecule is Brc1ccnc2[nH]ccc12.N#Cc1ccnc2[nH]ncc12.N=C(N)c1ccnc2[nH]ncc12.NC(=NO)c1ccnc2[nH]ccc12.[2HH].[2H][2H].[2H][2H].[2H][2H].[2H][2H].[2H][2H].[2H][2H].[2H][2H].[2H][2H].[2H][2H].[2H][2H].[2H][2H].[2H][2H].[2H][2H].[2H][2H].[2H][2H].[2H][2H].[2H][2H].[2H][2H].[2H][2H].[2H][2H].[2H][2H].[2H][2H].[2H][2H].[2H][2H].[2H][2H].[2H][2H].[2H][2H].[2H][2H].[2H][2H].[2H][2H].[2H][2H].[2H][2H].[2H][2H].[2H][2H].[2H][2H].[2H][2H].[2H][2H].[2H][2H].[2H][2H].[2H][2H].[2H][2H].[2H][2H].[2H][2H].[2H][2H].[2H][2H].[2H][2H].[2H][2H].[2H][2H].[2H][2H].[2H][2H].[2H][2H].[2H][2H].[2H][2H].[2H][2H].[2H][2H].[2H][2H].[2H][2H].[2H][2H].[2H][2H].[2H][2H].[2H][2H].[2H][2H].[2H][2H].[2H][2H].[2H][2H].[2H][2H].[2H][2H].[2H][2H].[2H][2H].[2H][2H].[2H][2H].[2H][2H].[2H][2H].[2H][2H].[2H][2H].[2H][2H].[2H][2H].[2H][2H].[2H][2H].[2H][2H].[2H][2H].[2H][2H].[2H][2H].[2H][2H].[2H][2H].[2H][2H].[2H][2H].[2H][2H].[2H][2H].[2H][2H].[2H][2H].[2H][2H].[2H][2H].[2H][2H].[2H][2H].[2H][2H].[2H][2H].[2H][2H].[2H][2H].[2H][2H].[2H][2H].[2H][2H].[2H][2H].[2H][2H].[2H][2H].[2H][2H].[2H][2H].[2H][2H].[2H][2H].[2H][2H].[2H][2H].[2H][2H].[2H][2H].[2H][2H].[2H][2H].[2H][2H].[2H][2H].[2H][2H].[2H][2H].[2H][2H].[2H][2H].[2H][2H].[2H][2H].[2H][2H]. The van der Waals surface area contributed by atoms with Crippen molar-refractivity contribution >= 4 is 71.7 Å². The molecule has 8 aromatic rings. The highest BCUT2D eigenvalue weighted by Crippen LogP contribution is 2.20. The van der Waals surface area contributed by atoms with Crippen LogP contribution in [0.25, 0.3) is 44.1 Å². The molecule has 0 aromatic carbocycles. The number of hydrogen-bond acceptors (Lipinski definition) is 10. The Morgan fingerprint density at radius 2 is 1.33 bits per heavy atom. The van der Waals surface area contributed by atoms with Gasteiger partial charge in [0.2, 0.25) is 0 Å². The van der Waals surface area contributed by atoms with E-state index in [1.807, 2.05) is 24.4 Å². The summed E-state index contributed by atoms with van der Waals surface area (Å²) in [7, 11) is 0. The lowest BCUT2D eigenvalue weighted by molar-refractivity contribution is 0.318. The fourth-order valence-electron chi connectivity index (χ4n) is 4.20. The predicted octanol–water partition coefficient (Wildman–Crippen LogP) is 34.8. The normalized spacial score (nSPS) is 32.3. The van der Waals surface area contributed by atoms with Crippen molar-refractivity contribution in [2.45, 2.75) is 0 Å². The number of nitrogens with two attached hydrogens (primary N) is 2. The summed E-state index contributed by atoms with van der Waals surface area (Å²) in [5.74, 6) is 0.121. The van der Waals surface area contributed by atoms with Crippen molar-refractivity contribution in [3.63, 3.8) is 0 Å². The van der Waals surface area contributed by atoms with Crippen LogP contribution in [-0.4, -0.2) is 67.2 Å². The van der Waals surface area contributed by atoms with Crippen molar-refractivity contribution in [1.82, 2.24) is 50.3 Å². The second kappa shape index (κ2) is 14.2. The fourth-order valence-corrected chi connectivity index (χ4v) is 4.64. The number of rotatable bonds is 2. The molecular formula is C29H274BrN15O. The van der Waals surface area contributed by atoms with Crippen molar-refractivity contribution in [2.24, 2.45) is 16.6 Å². The molecule has 0 unspecified atom stereocenters. The summed E-state index contributed by atoms with van der Waals surface area (Å²) in [5.41, 5.74) is 15.7. The average molecular weight is 1180 g/mol. The molecule has 0 bridgehead atoms. The van der Waals surface area contributed by atoms with Crippen molar-refractivity contribution in [2.75, 3.05) is 0 Å². The summed E-state index contributed by atoms with van der Waals surface area (Å²) in [6.45, 7) is 0. The standard InChI is InChI=1S/C8H8N4O.C7H5BrN2.C7H7N5.C7H4N4.125H2/c9-7(12-13)5-1-3-10-8-6(5)2-4-11-8;8-6-2-4-10-7-5(6)1-3-9-7;8-6(9)4-1-2-10-7-5(4)3-11-12-7;8-3-5-1-2-9-7-6(5)4-10-11-7;;;;;;;;;;;;;;;;;;;;;;;;;;;;;;;;;;;;;;;;;;;;;;;;;;;;;;;;;;;;;;;;;;;;;;;;;;;;;;;;;;;;;;;;;;;;;;;;;;;;;;;;;;;;;;;;;;;;;;;;;;;;;/h1-4,13H,(H2,9,12)(H,10,11);1-4H,(H,9,10);1-3H,(H3,8,9)(H,10,11,12);1-2,4H,(H,9,10,11);125*1H/i;;;;124*1+1D;1+1. The molecule has 8 aromatic heterocycles. The third-order valence-corrected chi connectivity index (χ3v) is 7.06. The van der Waals surface area contributed by atoms with Crippen molar-refractivity contribution in [3.05, 3.63) is 107 Å². The van der Waals surface area contributed by atoms with E-state index in [1.165, 1.54) is 0 Å². The van der Waals surface area contributed by atoms with E-state index < -0.39 is 0 Å². The maximum Gasteiger partial charge on any atom is 0.170 e. The molecule has 0 aliphatic carbocycles. The van der Waals surface area contributed by atoms with E-state index in [2.05, 4.69) is 77.5 Å². The number of oxime groups is 1. The summed E-state index contributed by atoms with van der Waals surface area (Å²) in [6, 6.07) is 12.9. The van der Waals surface area contributed by atoms with E-state index in [4.69, 9.17) is 396 Å². The minimum Gasteiger partial charge on any atom is -0.409 e. The van der Waals surface area contributed by atoms with Gasteiger partial charge in [0.1, 0.15) is 23.2 Å². The lowest BCUT2D eigenvalue weighted by Gasteiger charge is -1.98. The Bertz CT molecular complexity index is 2510. The van der Waals surface area contributed by atoms with Gasteiger partial charge in [0, 0.05) is 439 Å².